The highest BCUT2D eigenvalue weighted by Gasteiger charge is 2.23. The second-order valence-corrected chi connectivity index (χ2v) is 32.3. The molecule has 578 valence electrons. The second kappa shape index (κ2) is 29.8. The van der Waals surface area contributed by atoms with E-state index in [9.17, 15) is 0 Å². The molecular weight excluding hydrogens is 1540 g/mol. The zero-order valence-corrected chi connectivity index (χ0v) is 67.1. The lowest BCUT2D eigenvalue weighted by Gasteiger charge is -2.13. The summed E-state index contributed by atoms with van der Waals surface area (Å²) in [6.45, 7) is 0. The number of fused-ring (bicyclic) bond motifs is 12. The first-order valence-electron chi connectivity index (χ1n) is 41.3. The standard InChI is InChI=1S/C112H66N8O3S/c1-6-22-68(23-7-1)96-66-97(114-106(113-96)69-24-8-2-9-25-69)81-34-18-33-80(56-81)87-38-21-40-92-95-63-74(50-55-103(95)124-105(87)92)67-42-44-73(45-43-67)110-116-109(72-30-14-5-15-31-72)119-112(120-110)85-59-83(75-48-53-99-93(61-75)88-36-16-17-41-98(88)121-99)58-84(60-85)76-49-54-100-94(62-76)90-52-47-77(64-101(90)122-100)78-46-51-89-91-39-20-37-86(104(91)123-102(89)65-78)79-32-19-35-82(57-79)111-117-107(70-26-10-3-11-27-70)115-108(118-111)71-28-12-4-13-29-71/h1-66H. The number of hydrogen-bond acceptors (Lipinski definition) is 12. The van der Waals surface area contributed by atoms with E-state index in [1.165, 1.54) is 25.7 Å². The molecule has 0 aliphatic heterocycles. The maximum atomic E-state index is 6.94. The third-order valence-corrected chi connectivity index (χ3v) is 24.8. The van der Waals surface area contributed by atoms with Gasteiger partial charge in [-0.1, -0.05) is 297 Å². The maximum absolute atomic E-state index is 6.94. The second-order valence-electron chi connectivity index (χ2n) is 31.3. The molecule has 24 aromatic rings. The first-order valence-corrected chi connectivity index (χ1v) is 42.1. The van der Waals surface area contributed by atoms with Gasteiger partial charge in [-0.15, -0.1) is 11.3 Å². The summed E-state index contributed by atoms with van der Waals surface area (Å²) in [4.78, 5) is 41.3. The lowest BCUT2D eigenvalue weighted by atomic mass is 9.94. The summed E-state index contributed by atoms with van der Waals surface area (Å²) in [6, 6.07) is 139. The molecule has 0 atom stereocenters. The Kier molecular flexibility index (Phi) is 17.2. The number of benzene rings is 17. The smallest absolute Gasteiger partial charge is 0.164 e. The van der Waals surface area contributed by atoms with E-state index in [4.69, 9.17) is 53.1 Å². The summed E-state index contributed by atoms with van der Waals surface area (Å²) in [5.74, 6) is 4.16. The largest absolute Gasteiger partial charge is 0.456 e. The number of nitrogens with zero attached hydrogens (tertiary/aromatic N) is 8. The van der Waals surface area contributed by atoms with Crippen molar-refractivity contribution in [1.29, 1.82) is 0 Å². The fourth-order valence-corrected chi connectivity index (χ4v) is 18.6. The molecule has 7 heterocycles. The number of rotatable bonds is 15. The lowest BCUT2D eigenvalue weighted by molar-refractivity contribution is 0.668. The summed E-state index contributed by atoms with van der Waals surface area (Å²) < 4.78 is 22.6. The molecule has 0 N–H and O–H groups in total. The number of hydrogen-bond donors (Lipinski definition) is 0. The van der Waals surface area contributed by atoms with Crippen LogP contribution in [0.15, 0.2) is 414 Å². The Bertz CT molecular complexity index is 8240. The number of para-hydroxylation sites is 2. The Morgan fingerprint density at radius 2 is 0.508 bits per heavy atom. The Hall–Kier alpha value is -16.5. The average Bonchev–Trinajstić information content (AvgIpc) is 1.58. The first-order chi connectivity index (χ1) is 61.3. The highest BCUT2D eigenvalue weighted by Crippen LogP contribution is 2.46. The van der Waals surface area contributed by atoms with Gasteiger partial charge in [-0.3, -0.25) is 0 Å². The highest BCUT2D eigenvalue weighted by atomic mass is 32.1. The summed E-state index contributed by atoms with van der Waals surface area (Å²) in [7, 11) is 0. The molecule has 0 fully saturated rings. The monoisotopic (exact) mass is 1600 g/mol. The van der Waals surface area contributed by atoms with Gasteiger partial charge in [0.25, 0.3) is 0 Å². The molecule has 0 saturated heterocycles. The van der Waals surface area contributed by atoms with Crippen molar-refractivity contribution >= 4 is 97.3 Å². The van der Waals surface area contributed by atoms with Crippen molar-refractivity contribution < 1.29 is 13.3 Å². The van der Waals surface area contributed by atoms with E-state index in [1.807, 2.05) is 127 Å². The van der Waals surface area contributed by atoms with E-state index in [1.54, 1.807) is 0 Å². The maximum Gasteiger partial charge on any atom is 0.164 e. The molecule has 12 heteroatoms. The quantitative estimate of drug-likeness (QED) is 0.0968. The van der Waals surface area contributed by atoms with E-state index in [-0.39, 0.29) is 0 Å². The van der Waals surface area contributed by atoms with E-state index < -0.39 is 0 Å². The lowest BCUT2D eigenvalue weighted by Crippen LogP contribution is -2.00. The van der Waals surface area contributed by atoms with Gasteiger partial charge in [-0.2, -0.15) is 0 Å². The fourth-order valence-electron chi connectivity index (χ4n) is 17.4. The third kappa shape index (κ3) is 13.0. The van der Waals surface area contributed by atoms with Crippen LogP contribution in [0.5, 0.6) is 0 Å². The summed E-state index contributed by atoms with van der Waals surface area (Å²) in [6.07, 6.45) is 0. The van der Waals surface area contributed by atoms with Crippen LogP contribution in [0.3, 0.4) is 0 Å². The van der Waals surface area contributed by atoms with Crippen molar-refractivity contribution in [1.82, 2.24) is 39.9 Å². The molecule has 124 heavy (non-hydrogen) atoms. The number of furan rings is 3. The van der Waals surface area contributed by atoms with Crippen LogP contribution in [0.1, 0.15) is 0 Å². The van der Waals surface area contributed by atoms with E-state index in [0.29, 0.717) is 40.8 Å². The van der Waals surface area contributed by atoms with Gasteiger partial charge in [-0.05, 0) is 164 Å². The van der Waals surface area contributed by atoms with Crippen molar-refractivity contribution in [2.75, 3.05) is 0 Å². The molecule has 0 saturated carbocycles. The van der Waals surface area contributed by atoms with Crippen LogP contribution in [0.25, 0.3) is 255 Å². The van der Waals surface area contributed by atoms with E-state index in [2.05, 4.69) is 285 Å². The van der Waals surface area contributed by atoms with Crippen LogP contribution in [-0.2, 0) is 0 Å². The molecule has 0 bridgehead atoms. The molecule has 0 unspecified atom stereocenters. The van der Waals surface area contributed by atoms with Crippen LogP contribution in [-0.4, -0.2) is 39.9 Å². The zero-order chi connectivity index (χ0) is 81.7. The van der Waals surface area contributed by atoms with E-state index in [0.717, 1.165) is 188 Å². The minimum atomic E-state index is 0.539. The Morgan fingerprint density at radius 3 is 1.10 bits per heavy atom. The molecule has 7 aromatic heterocycles. The Morgan fingerprint density at radius 1 is 0.161 bits per heavy atom. The topological polar surface area (TPSA) is 143 Å². The number of thiophene rings is 1. The molecule has 0 aliphatic carbocycles. The van der Waals surface area contributed by atoms with Crippen molar-refractivity contribution in [2.24, 2.45) is 0 Å². The van der Waals surface area contributed by atoms with Gasteiger partial charge in [0.15, 0.2) is 40.8 Å². The van der Waals surface area contributed by atoms with Crippen LogP contribution >= 0.6 is 11.3 Å². The minimum absolute atomic E-state index is 0.539. The molecule has 11 nitrogen and oxygen atoms in total. The third-order valence-electron chi connectivity index (χ3n) is 23.6. The van der Waals surface area contributed by atoms with Crippen molar-refractivity contribution in [3.8, 4) is 169 Å². The molecule has 17 aromatic carbocycles. The van der Waals surface area contributed by atoms with Gasteiger partial charge >= 0.3 is 0 Å². The van der Waals surface area contributed by atoms with Gasteiger partial charge in [0.05, 0.1) is 11.4 Å². The van der Waals surface area contributed by atoms with Gasteiger partial charge < -0.3 is 13.3 Å². The summed E-state index contributed by atoms with van der Waals surface area (Å²) in [5.41, 5.74) is 27.3. The molecule has 24 rings (SSSR count). The van der Waals surface area contributed by atoms with Gasteiger partial charge in [-0.25, -0.2) is 39.9 Å². The van der Waals surface area contributed by atoms with Gasteiger partial charge in [0.1, 0.15) is 33.5 Å². The Balaban J connectivity index is 0.557. The molecular formula is C112H66N8O3S. The Labute approximate surface area is 715 Å². The molecule has 0 radical (unpaired) electrons. The molecule has 0 spiro atoms. The SMILES string of the molecule is c1ccc(-c2cc(-c3cccc(-c4cccc5c4sc4ccc(-c6ccc(-c7nc(-c8ccccc8)nc(-c8cc(-c9ccc%10oc%11ccccc%11c%10c9)cc(-c9ccc%10oc%11cc(-c%12ccc%13c(c%12)oc%12c(-c%14cccc(-c%15nc(-c%16ccccc%16)nc(-c%16ccccc%16)n%15)c%14)cccc%12%13)ccc%11c%10c9)c8)n7)cc6)cc45)c3)nc(-c3ccccc3)n2)cc1. The predicted octanol–water partition coefficient (Wildman–Crippen LogP) is 29.9. The van der Waals surface area contributed by atoms with Crippen molar-refractivity contribution in [2.45, 2.75) is 0 Å². The summed E-state index contributed by atoms with van der Waals surface area (Å²) in [5, 5.41) is 8.55. The van der Waals surface area contributed by atoms with Crippen molar-refractivity contribution in [3.63, 3.8) is 0 Å². The van der Waals surface area contributed by atoms with E-state index >= 15 is 0 Å². The predicted molar refractivity (Wildman–Crippen MR) is 505 cm³/mol. The van der Waals surface area contributed by atoms with Crippen molar-refractivity contribution in [3.05, 3.63) is 400 Å². The number of aromatic nitrogens is 8. The normalized spacial score (nSPS) is 11.7. The van der Waals surface area contributed by atoms with Crippen LogP contribution in [0.2, 0.25) is 0 Å². The molecule has 0 aliphatic rings. The van der Waals surface area contributed by atoms with Gasteiger partial charge in [0, 0.05) is 108 Å². The zero-order valence-electron chi connectivity index (χ0n) is 66.3. The first kappa shape index (κ1) is 71.6. The average molecular weight is 1600 g/mol. The highest BCUT2D eigenvalue weighted by molar-refractivity contribution is 7.26. The van der Waals surface area contributed by atoms with Gasteiger partial charge in [0.2, 0.25) is 0 Å². The minimum Gasteiger partial charge on any atom is -0.456 e. The van der Waals surface area contributed by atoms with Crippen LogP contribution in [0, 0.1) is 0 Å². The van der Waals surface area contributed by atoms with Crippen LogP contribution < -0.4 is 0 Å². The van der Waals surface area contributed by atoms with Crippen LogP contribution in [0.4, 0.5) is 0 Å². The molecule has 0 amide bonds. The fraction of sp³-hybridized carbons (Fsp3) is 0. The summed E-state index contributed by atoms with van der Waals surface area (Å²) >= 11 is 1.83.